The van der Waals surface area contributed by atoms with E-state index in [0.29, 0.717) is 17.3 Å². The number of carbonyl (C=O) groups excluding carboxylic acids is 2. The number of rotatable bonds is 10. The molecule has 1 unspecified atom stereocenters. The summed E-state index contributed by atoms with van der Waals surface area (Å²) in [4.78, 5) is 37.2. The number of carboxylic acid groups (broad SMARTS) is 1. The van der Waals surface area contributed by atoms with Crippen molar-refractivity contribution in [3.05, 3.63) is 17.2 Å². The van der Waals surface area contributed by atoms with Gasteiger partial charge in [0, 0.05) is 11.5 Å². The average molecular weight is 565 g/mol. The van der Waals surface area contributed by atoms with E-state index in [1.165, 1.54) is 0 Å². The van der Waals surface area contributed by atoms with Gasteiger partial charge in [-0.05, 0) is 5.57 Å². The lowest BCUT2D eigenvalue weighted by Crippen LogP contribution is -2.70. The molecule has 1 fully saturated rings. The second-order valence-corrected chi connectivity index (χ2v) is 11.3. The molecule has 188 valence electrons. The van der Waals surface area contributed by atoms with Crippen molar-refractivity contribution in [1.29, 1.82) is 0 Å². The van der Waals surface area contributed by atoms with E-state index < -0.39 is 62.8 Å². The summed E-state index contributed by atoms with van der Waals surface area (Å²) in [5.74, 6) is -5.68. The van der Waals surface area contributed by atoms with E-state index >= 15 is 0 Å². The van der Waals surface area contributed by atoms with Gasteiger partial charge in [0.1, 0.15) is 17.1 Å². The summed E-state index contributed by atoms with van der Waals surface area (Å²) in [7, 11) is -4.38. The summed E-state index contributed by atoms with van der Waals surface area (Å²) in [6, 6.07) is -1.06. The molecular formula is C15H15F3N4O8S4. The molecule has 1 saturated heterocycles. The number of fused-ring (bicyclic) bond motifs is 1. The van der Waals surface area contributed by atoms with E-state index in [1.807, 2.05) is 0 Å². The number of thioether (sulfide) groups is 3. The summed E-state index contributed by atoms with van der Waals surface area (Å²) in [5, 5.41) is 18.2. The third kappa shape index (κ3) is 6.80. The smallest absolute Gasteiger partial charge is 0.397 e. The molecule has 0 saturated carbocycles. The fraction of sp³-hybridized carbons (Fsp3) is 0.533. The van der Waals surface area contributed by atoms with Gasteiger partial charge in [-0.3, -0.25) is 19.0 Å². The maximum Gasteiger partial charge on any atom is 0.397 e. The van der Waals surface area contributed by atoms with Crippen LogP contribution in [0.25, 0.3) is 0 Å². The molecule has 19 heteroatoms. The number of carboxylic acids is 1. The first-order valence-corrected chi connectivity index (χ1v) is 13.8. The molecule has 0 aliphatic carbocycles. The molecule has 0 aromatic carbocycles. The Hall–Kier alpha value is -1.96. The monoisotopic (exact) mass is 564 g/mol. The SMILES string of the molecule is O=C(CSCC(F)(F)F)NC1C(=O)N2C(C(=O)O)=C(CSc3nnc(CS(=O)(=O)O)o3)CS[C@H]12. The lowest BCUT2D eigenvalue weighted by molar-refractivity contribution is -0.150. The van der Waals surface area contributed by atoms with E-state index in [0.717, 1.165) is 28.4 Å². The van der Waals surface area contributed by atoms with Crippen molar-refractivity contribution in [1.82, 2.24) is 20.4 Å². The van der Waals surface area contributed by atoms with Crippen LogP contribution in [0.2, 0.25) is 0 Å². The second-order valence-electron chi connectivity index (χ2n) is 6.80. The summed E-state index contributed by atoms with van der Waals surface area (Å²) >= 11 is 2.40. The number of hydrogen-bond acceptors (Lipinski definition) is 11. The molecule has 1 aromatic heterocycles. The zero-order chi connectivity index (χ0) is 25.3. The Morgan fingerprint density at radius 2 is 2.03 bits per heavy atom. The van der Waals surface area contributed by atoms with Crippen molar-refractivity contribution >= 4 is 63.2 Å². The quantitative estimate of drug-likeness (QED) is 0.204. The molecule has 12 nitrogen and oxygen atoms in total. The van der Waals surface area contributed by atoms with Crippen molar-refractivity contribution in [2.45, 2.75) is 28.6 Å². The number of nitrogens with one attached hydrogen (secondary N) is 1. The largest absolute Gasteiger partial charge is 0.477 e. The van der Waals surface area contributed by atoms with Gasteiger partial charge in [0.25, 0.3) is 21.2 Å². The standard InChI is InChI=1S/C15H15F3N4O8S4/c16-15(17,18)5-31-3-7(23)19-9-11(24)22-10(13(25)26)6(1-32-12(9)22)2-33-14-21-20-8(30-14)4-34(27,28)29/h9,12H,1-5H2,(H,19,23)(H,25,26)(H,27,28,29)/t9?,12-/m1/s1. The minimum atomic E-state index is -4.43. The molecule has 2 atom stereocenters. The molecule has 0 radical (unpaired) electrons. The predicted molar refractivity (Wildman–Crippen MR) is 113 cm³/mol. The first-order chi connectivity index (χ1) is 15.7. The molecule has 34 heavy (non-hydrogen) atoms. The second kappa shape index (κ2) is 10.3. The van der Waals surface area contributed by atoms with E-state index in [2.05, 4.69) is 15.5 Å². The van der Waals surface area contributed by atoms with Crippen LogP contribution in [-0.2, 0) is 30.3 Å². The van der Waals surface area contributed by atoms with Gasteiger partial charge < -0.3 is 14.8 Å². The third-order valence-electron chi connectivity index (χ3n) is 4.19. The van der Waals surface area contributed by atoms with Crippen LogP contribution in [0.5, 0.6) is 0 Å². The van der Waals surface area contributed by atoms with Gasteiger partial charge in [0.15, 0.2) is 5.75 Å². The van der Waals surface area contributed by atoms with Gasteiger partial charge in [0.2, 0.25) is 11.8 Å². The van der Waals surface area contributed by atoms with Crippen molar-refractivity contribution in [3.63, 3.8) is 0 Å². The molecule has 2 aliphatic rings. The van der Waals surface area contributed by atoms with Gasteiger partial charge >= 0.3 is 12.1 Å². The van der Waals surface area contributed by atoms with Gasteiger partial charge in [-0.1, -0.05) is 11.8 Å². The Labute approximate surface area is 202 Å². The number of halogens is 3. The van der Waals surface area contributed by atoms with Crippen LogP contribution >= 0.6 is 35.3 Å². The normalized spacial score (nSPS) is 20.7. The van der Waals surface area contributed by atoms with Gasteiger partial charge in [-0.15, -0.1) is 33.7 Å². The lowest BCUT2D eigenvalue weighted by atomic mass is 10.0. The Balaban J connectivity index is 1.61. The predicted octanol–water partition coefficient (Wildman–Crippen LogP) is 0.584. The number of hydrogen-bond donors (Lipinski definition) is 3. The Bertz CT molecular complexity index is 1120. The fourth-order valence-electron chi connectivity index (χ4n) is 2.93. The number of aliphatic carboxylic acids is 1. The molecule has 3 N–H and O–H groups in total. The van der Waals surface area contributed by atoms with Crippen LogP contribution in [0, 0.1) is 0 Å². The van der Waals surface area contributed by atoms with Crippen LogP contribution in [0.1, 0.15) is 5.89 Å². The van der Waals surface area contributed by atoms with E-state index in [9.17, 15) is 41.1 Å². The Morgan fingerprint density at radius 1 is 1.32 bits per heavy atom. The average Bonchev–Trinajstić information content (AvgIpc) is 3.14. The third-order valence-corrected chi connectivity index (χ3v) is 8.04. The maximum absolute atomic E-state index is 12.5. The van der Waals surface area contributed by atoms with Crippen LogP contribution in [0.3, 0.4) is 0 Å². The van der Waals surface area contributed by atoms with Gasteiger partial charge in [-0.2, -0.15) is 21.6 Å². The highest BCUT2D eigenvalue weighted by molar-refractivity contribution is 8.01. The minimum absolute atomic E-state index is 0.00372. The number of alkyl halides is 3. The van der Waals surface area contributed by atoms with Crippen LogP contribution in [0.4, 0.5) is 13.2 Å². The van der Waals surface area contributed by atoms with Crippen LogP contribution < -0.4 is 5.32 Å². The summed E-state index contributed by atoms with van der Waals surface area (Å²) in [5.41, 5.74) is 0.0306. The van der Waals surface area contributed by atoms with Crippen LogP contribution in [0.15, 0.2) is 20.9 Å². The van der Waals surface area contributed by atoms with Gasteiger partial charge in [-0.25, -0.2) is 4.79 Å². The molecule has 3 rings (SSSR count). The van der Waals surface area contributed by atoms with E-state index in [1.54, 1.807) is 0 Å². The van der Waals surface area contributed by atoms with E-state index in [-0.39, 0.29) is 28.3 Å². The van der Waals surface area contributed by atoms with Gasteiger partial charge in [0.05, 0.1) is 11.5 Å². The first-order valence-electron chi connectivity index (χ1n) is 8.99. The number of carbonyl (C=O) groups is 3. The maximum atomic E-state index is 12.5. The van der Waals surface area contributed by atoms with Crippen molar-refractivity contribution in [2.75, 3.05) is 23.0 Å². The lowest BCUT2D eigenvalue weighted by Gasteiger charge is -2.49. The topological polar surface area (TPSA) is 180 Å². The Morgan fingerprint density at radius 3 is 2.65 bits per heavy atom. The highest BCUT2D eigenvalue weighted by Crippen LogP contribution is 2.41. The van der Waals surface area contributed by atoms with E-state index in [4.69, 9.17) is 8.97 Å². The molecule has 3 heterocycles. The molecular weight excluding hydrogens is 549 g/mol. The number of amides is 2. The fourth-order valence-corrected chi connectivity index (χ4v) is 6.23. The van der Waals surface area contributed by atoms with Crippen LogP contribution in [-0.4, -0.2) is 91.6 Å². The summed E-state index contributed by atoms with van der Waals surface area (Å²) < 4.78 is 72.2. The molecule has 2 aliphatic heterocycles. The highest BCUT2D eigenvalue weighted by atomic mass is 32.2. The molecule has 0 bridgehead atoms. The first kappa shape index (κ1) is 26.6. The van der Waals surface area contributed by atoms with Crippen molar-refractivity contribution < 1.29 is 50.0 Å². The zero-order valence-corrected chi connectivity index (χ0v) is 19.9. The Kier molecular flexibility index (Phi) is 8.10. The molecule has 0 spiro atoms. The molecule has 1 aromatic rings. The highest BCUT2D eigenvalue weighted by Gasteiger charge is 2.54. The van der Waals surface area contributed by atoms with Crippen molar-refractivity contribution in [3.8, 4) is 0 Å². The molecule has 2 amide bonds. The number of nitrogens with zero attached hydrogens (tertiary/aromatic N) is 3. The zero-order valence-electron chi connectivity index (χ0n) is 16.6. The number of β-lactam (4-membered cyclic amide) rings is 1. The minimum Gasteiger partial charge on any atom is -0.477 e. The number of aromatic nitrogens is 2. The summed E-state index contributed by atoms with van der Waals surface area (Å²) in [6.45, 7) is 0. The van der Waals surface area contributed by atoms with Crippen molar-refractivity contribution in [2.24, 2.45) is 0 Å². The summed E-state index contributed by atoms with van der Waals surface area (Å²) in [6.07, 6.45) is -4.43.